The normalized spacial score (nSPS) is 10.7. The predicted octanol–water partition coefficient (Wildman–Crippen LogP) is -3.12. The second-order valence-corrected chi connectivity index (χ2v) is 2.95. The quantitative estimate of drug-likeness (QED) is 0.260. The summed E-state index contributed by atoms with van der Waals surface area (Å²) in [5, 5.41) is 0. The molecule has 0 aromatic rings. The number of phosphoric acid groups is 2. The van der Waals surface area contributed by atoms with Crippen molar-refractivity contribution < 1.29 is 55.0 Å². The molecule has 11 heavy (non-hydrogen) atoms. The topological polar surface area (TPSA) is 161 Å². The smallest absolute Gasteiger partial charge is 0.790 e. The van der Waals surface area contributed by atoms with Crippen molar-refractivity contribution in [2.75, 3.05) is 0 Å². The average Bonchev–Trinajstić information content (AvgIpc) is 1.12. The van der Waals surface area contributed by atoms with Crippen LogP contribution in [-0.2, 0) is 25.6 Å². The van der Waals surface area contributed by atoms with E-state index in [4.69, 9.17) is 38.5 Å². The molecule has 0 atom stereocenters. The molecule has 0 heterocycles. The number of hydrogen-bond donors (Lipinski definition) is 4. The minimum absolute atomic E-state index is 0. The number of rotatable bonds is 0. The van der Waals surface area contributed by atoms with Crippen LogP contribution < -0.4 is 9.79 Å². The summed E-state index contributed by atoms with van der Waals surface area (Å²) in [6, 6.07) is 0. The second kappa shape index (κ2) is 6.25. The van der Waals surface area contributed by atoms with Crippen LogP contribution in [0.3, 0.4) is 0 Å². The second-order valence-electron chi connectivity index (χ2n) is 0.982. The van der Waals surface area contributed by atoms with Crippen LogP contribution in [0, 0.1) is 0 Å². The summed E-state index contributed by atoms with van der Waals surface area (Å²) < 4.78 is 17.5. The van der Waals surface area contributed by atoms with Gasteiger partial charge in [-0.25, -0.2) is 4.57 Å². The summed E-state index contributed by atoms with van der Waals surface area (Å²) in [5.41, 5.74) is 0. The van der Waals surface area contributed by atoms with Gasteiger partial charge in [0.1, 0.15) is 0 Å². The Bertz CT molecular complexity index is 124. The van der Waals surface area contributed by atoms with Gasteiger partial charge in [0.15, 0.2) is 0 Å². The Labute approximate surface area is 71.3 Å². The van der Waals surface area contributed by atoms with Gasteiger partial charge in [-0.05, 0) is 0 Å². The van der Waals surface area contributed by atoms with E-state index in [1.807, 2.05) is 0 Å². The maximum Gasteiger partial charge on any atom is 2.00 e. The summed E-state index contributed by atoms with van der Waals surface area (Å²) in [5.74, 6) is 0. The van der Waals surface area contributed by atoms with Gasteiger partial charge >= 0.3 is 24.3 Å². The molecule has 0 spiro atoms. The molecule has 0 aromatic heterocycles. The van der Waals surface area contributed by atoms with E-state index in [0.29, 0.717) is 0 Å². The molecule has 8 nitrogen and oxygen atoms in total. The fraction of sp³-hybridized carbons (Fsp3) is 0. The third kappa shape index (κ3) is 1600. The molecule has 0 aliphatic carbocycles. The molecule has 0 radical (unpaired) electrons. The van der Waals surface area contributed by atoms with Crippen molar-refractivity contribution in [3.8, 4) is 0 Å². The van der Waals surface area contributed by atoms with Crippen LogP contribution in [-0.4, -0.2) is 19.6 Å². The van der Waals surface area contributed by atoms with Crippen molar-refractivity contribution in [1.82, 2.24) is 0 Å². The van der Waals surface area contributed by atoms with Gasteiger partial charge < -0.3 is 33.9 Å². The van der Waals surface area contributed by atoms with E-state index in [9.17, 15) is 0 Å². The molecule has 4 N–H and O–H groups in total. The van der Waals surface area contributed by atoms with Crippen LogP contribution in [0.1, 0.15) is 0 Å². The SMILES string of the molecule is O=P(O)(O)O.O=P([O-])([O-])O.[Ni+2]. The first-order chi connectivity index (χ1) is 4.00. The largest absolute Gasteiger partial charge is 2.00 e. The first-order valence-corrected chi connectivity index (χ1v) is 4.59. The summed E-state index contributed by atoms with van der Waals surface area (Å²) in [4.78, 5) is 45.8. The van der Waals surface area contributed by atoms with Crippen molar-refractivity contribution >= 4 is 15.6 Å². The van der Waals surface area contributed by atoms with E-state index in [1.54, 1.807) is 0 Å². The van der Waals surface area contributed by atoms with Crippen LogP contribution in [0.2, 0.25) is 0 Å². The molecule has 0 aliphatic rings. The Morgan fingerprint density at radius 2 is 0.909 bits per heavy atom. The molecule has 0 aromatic carbocycles. The monoisotopic (exact) mass is 252 g/mol. The molecule has 0 bridgehead atoms. The first kappa shape index (κ1) is 17.7. The van der Waals surface area contributed by atoms with Gasteiger partial charge in [-0.15, -0.1) is 0 Å². The maximum absolute atomic E-state index is 8.88. The van der Waals surface area contributed by atoms with Gasteiger partial charge in [-0.3, -0.25) is 0 Å². The van der Waals surface area contributed by atoms with Gasteiger partial charge in [0.05, 0.1) is 7.82 Å². The van der Waals surface area contributed by atoms with Crippen molar-refractivity contribution in [3.05, 3.63) is 0 Å². The zero-order valence-corrected chi connectivity index (χ0v) is 7.41. The zero-order chi connectivity index (χ0) is 9.00. The van der Waals surface area contributed by atoms with E-state index in [-0.39, 0.29) is 16.5 Å². The fourth-order valence-corrected chi connectivity index (χ4v) is 0. The standard InChI is InChI=1S/Ni.2H3O4P/c;2*1-5(2,3)4/h;2*(H3,1,2,3,4)/q+2;;/p-2. The Morgan fingerprint density at radius 1 is 0.909 bits per heavy atom. The molecule has 0 unspecified atom stereocenters. The Hall–Kier alpha value is 0.714. The fourth-order valence-electron chi connectivity index (χ4n) is 0. The summed E-state index contributed by atoms with van der Waals surface area (Å²) >= 11 is 0. The predicted molar refractivity (Wildman–Crippen MR) is 24.1 cm³/mol. The Morgan fingerprint density at radius 3 is 0.909 bits per heavy atom. The summed E-state index contributed by atoms with van der Waals surface area (Å²) in [6.07, 6.45) is 0. The van der Waals surface area contributed by atoms with E-state index in [2.05, 4.69) is 0 Å². The zero-order valence-electron chi connectivity index (χ0n) is 4.63. The van der Waals surface area contributed by atoms with E-state index in [0.717, 1.165) is 0 Å². The molecule has 0 saturated heterocycles. The first-order valence-electron chi connectivity index (χ1n) is 1.53. The molecular weight excluding hydrogens is 249 g/mol. The molecule has 0 fully saturated rings. The number of hydrogen-bond acceptors (Lipinski definition) is 4. The molecule has 72 valence electrons. The van der Waals surface area contributed by atoms with Crippen LogP contribution in [0.15, 0.2) is 0 Å². The third-order valence-electron chi connectivity index (χ3n) is 0. The molecule has 0 rings (SSSR count). The van der Waals surface area contributed by atoms with Crippen molar-refractivity contribution in [2.24, 2.45) is 0 Å². The van der Waals surface area contributed by atoms with E-state index in [1.165, 1.54) is 0 Å². The average molecular weight is 253 g/mol. The minimum atomic E-state index is -5.14. The van der Waals surface area contributed by atoms with Crippen LogP contribution in [0.5, 0.6) is 0 Å². The molecular formula is H4NiO8P2. The van der Waals surface area contributed by atoms with Gasteiger partial charge in [-0.1, -0.05) is 0 Å². The summed E-state index contributed by atoms with van der Waals surface area (Å²) in [7, 11) is -9.78. The summed E-state index contributed by atoms with van der Waals surface area (Å²) in [6.45, 7) is 0. The van der Waals surface area contributed by atoms with Gasteiger partial charge in [0.25, 0.3) is 0 Å². The van der Waals surface area contributed by atoms with Crippen LogP contribution >= 0.6 is 15.6 Å². The van der Waals surface area contributed by atoms with Gasteiger partial charge in [0.2, 0.25) is 0 Å². The van der Waals surface area contributed by atoms with Crippen molar-refractivity contribution in [3.63, 3.8) is 0 Å². The molecule has 0 aliphatic heterocycles. The minimum Gasteiger partial charge on any atom is -0.790 e. The molecule has 0 amide bonds. The van der Waals surface area contributed by atoms with Crippen molar-refractivity contribution in [2.45, 2.75) is 0 Å². The van der Waals surface area contributed by atoms with E-state index >= 15 is 0 Å². The van der Waals surface area contributed by atoms with Crippen LogP contribution in [0.4, 0.5) is 0 Å². The van der Waals surface area contributed by atoms with Gasteiger partial charge in [-0.2, -0.15) is 0 Å². The molecule has 11 heteroatoms. The van der Waals surface area contributed by atoms with Crippen molar-refractivity contribution in [1.29, 1.82) is 0 Å². The third-order valence-corrected chi connectivity index (χ3v) is 0. The maximum atomic E-state index is 8.88. The molecule has 0 saturated carbocycles. The Kier molecular flexibility index (Phi) is 10.1. The van der Waals surface area contributed by atoms with Gasteiger partial charge in [0, 0.05) is 0 Å². The Balaban J connectivity index is -0.000000107. The van der Waals surface area contributed by atoms with Crippen LogP contribution in [0.25, 0.3) is 0 Å². The van der Waals surface area contributed by atoms with E-state index < -0.39 is 15.6 Å².